The number of amides is 2. The van der Waals surface area contributed by atoms with Gasteiger partial charge in [0.05, 0.1) is 0 Å². The molecule has 1 fully saturated rings. The quantitative estimate of drug-likeness (QED) is 0.852. The van der Waals surface area contributed by atoms with Gasteiger partial charge in [-0.25, -0.2) is 0 Å². The van der Waals surface area contributed by atoms with Gasteiger partial charge in [-0.3, -0.25) is 9.59 Å². The molecule has 0 radical (unpaired) electrons. The molecule has 5 nitrogen and oxygen atoms in total. The maximum Gasteiger partial charge on any atom is 0.223 e. The summed E-state index contributed by atoms with van der Waals surface area (Å²) in [4.78, 5) is 25.5. The second-order valence-electron chi connectivity index (χ2n) is 6.68. The zero-order chi connectivity index (χ0) is 17.0. The molecular weight excluding hydrogens is 326 g/mol. The van der Waals surface area contributed by atoms with E-state index in [9.17, 15) is 9.59 Å². The van der Waals surface area contributed by atoms with Gasteiger partial charge in [0.1, 0.15) is 0 Å². The van der Waals surface area contributed by atoms with Crippen molar-refractivity contribution in [1.82, 2.24) is 10.2 Å². The standard InChI is InChI=1S/C18H27N3O2.ClH/c1-12(2)13-4-6-14(7-5-13)16(19)11-20-18(23)15-8-9-21(3)17(22)10-15;/h4-7,12,15-16H,8-11,19H2,1-3H3,(H,20,23);1H. The van der Waals surface area contributed by atoms with E-state index in [1.807, 2.05) is 12.1 Å². The lowest BCUT2D eigenvalue weighted by Gasteiger charge is -2.28. The van der Waals surface area contributed by atoms with Crippen LogP contribution in [0.3, 0.4) is 0 Å². The number of nitrogens with one attached hydrogen (secondary N) is 1. The molecule has 1 aliphatic heterocycles. The van der Waals surface area contributed by atoms with Crippen molar-refractivity contribution in [2.24, 2.45) is 11.7 Å². The number of likely N-dealkylation sites (tertiary alicyclic amines) is 1. The van der Waals surface area contributed by atoms with Crippen LogP contribution in [0.25, 0.3) is 0 Å². The third-order valence-corrected chi connectivity index (χ3v) is 4.56. The van der Waals surface area contributed by atoms with Crippen LogP contribution in [-0.4, -0.2) is 36.9 Å². The van der Waals surface area contributed by atoms with Gasteiger partial charge in [0.25, 0.3) is 0 Å². The fourth-order valence-corrected chi connectivity index (χ4v) is 2.77. The summed E-state index contributed by atoms with van der Waals surface area (Å²) in [5, 5.41) is 2.89. The Bertz CT molecular complexity index is 560. The van der Waals surface area contributed by atoms with E-state index in [2.05, 4.69) is 31.3 Å². The van der Waals surface area contributed by atoms with E-state index >= 15 is 0 Å². The second-order valence-corrected chi connectivity index (χ2v) is 6.68. The van der Waals surface area contributed by atoms with Gasteiger partial charge in [0, 0.05) is 38.5 Å². The number of hydrogen-bond acceptors (Lipinski definition) is 3. The van der Waals surface area contributed by atoms with Gasteiger partial charge in [0.15, 0.2) is 0 Å². The average molecular weight is 354 g/mol. The van der Waals surface area contributed by atoms with Crippen molar-refractivity contribution in [3.05, 3.63) is 35.4 Å². The zero-order valence-corrected chi connectivity index (χ0v) is 15.4. The summed E-state index contributed by atoms with van der Waals surface area (Å²) in [6, 6.07) is 7.97. The van der Waals surface area contributed by atoms with Crippen LogP contribution in [0.2, 0.25) is 0 Å². The Morgan fingerprint density at radius 3 is 2.42 bits per heavy atom. The van der Waals surface area contributed by atoms with Crippen molar-refractivity contribution in [3.63, 3.8) is 0 Å². The Balaban J connectivity index is 0.00000288. The lowest BCUT2D eigenvalue weighted by atomic mass is 9.95. The number of carbonyl (C=O) groups excluding carboxylic acids is 2. The SMILES string of the molecule is CC(C)c1ccc(C(N)CNC(=O)C2CCN(C)C(=O)C2)cc1.Cl. The molecular formula is C18H28ClN3O2. The summed E-state index contributed by atoms with van der Waals surface area (Å²) < 4.78 is 0. The fraction of sp³-hybridized carbons (Fsp3) is 0.556. The fourth-order valence-electron chi connectivity index (χ4n) is 2.77. The zero-order valence-electron chi connectivity index (χ0n) is 14.6. The predicted octanol–water partition coefficient (Wildman–Crippen LogP) is 2.22. The Kier molecular flexibility index (Phi) is 7.70. The highest BCUT2D eigenvalue weighted by Crippen LogP contribution is 2.19. The number of nitrogens with two attached hydrogens (primary N) is 1. The van der Waals surface area contributed by atoms with Crippen molar-refractivity contribution >= 4 is 24.2 Å². The highest BCUT2D eigenvalue weighted by atomic mass is 35.5. The normalized spacial score (nSPS) is 19.0. The van der Waals surface area contributed by atoms with Crippen molar-refractivity contribution < 1.29 is 9.59 Å². The summed E-state index contributed by atoms with van der Waals surface area (Å²) in [6.07, 6.45) is 1.01. The highest BCUT2D eigenvalue weighted by molar-refractivity contribution is 5.86. The third kappa shape index (κ3) is 5.21. The van der Waals surface area contributed by atoms with Crippen LogP contribution >= 0.6 is 12.4 Å². The first-order valence-corrected chi connectivity index (χ1v) is 8.25. The van der Waals surface area contributed by atoms with Crippen molar-refractivity contribution in [1.29, 1.82) is 0 Å². The minimum atomic E-state index is -0.234. The molecule has 134 valence electrons. The van der Waals surface area contributed by atoms with Crippen LogP contribution < -0.4 is 11.1 Å². The summed E-state index contributed by atoms with van der Waals surface area (Å²) in [5.74, 6) is 0.224. The van der Waals surface area contributed by atoms with Crippen molar-refractivity contribution in [2.45, 2.75) is 38.6 Å². The molecule has 2 atom stereocenters. The van der Waals surface area contributed by atoms with E-state index in [4.69, 9.17) is 5.73 Å². The van der Waals surface area contributed by atoms with Crippen LogP contribution in [0, 0.1) is 5.92 Å². The molecule has 2 rings (SSSR count). The monoisotopic (exact) mass is 353 g/mol. The lowest BCUT2D eigenvalue weighted by Crippen LogP contribution is -2.43. The molecule has 3 N–H and O–H groups in total. The Morgan fingerprint density at radius 2 is 1.88 bits per heavy atom. The number of carbonyl (C=O) groups is 2. The number of piperidine rings is 1. The molecule has 1 saturated heterocycles. The van der Waals surface area contributed by atoms with Gasteiger partial charge in [-0.2, -0.15) is 0 Å². The van der Waals surface area contributed by atoms with Gasteiger partial charge in [0.2, 0.25) is 11.8 Å². The number of benzene rings is 1. The van der Waals surface area contributed by atoms with Crippen LogP contribution in [0.1, 0.15) is 49.8 Å². The summed E-state index contributed by atoms with van der Waals surface area (Å²) in [6.45, 7) is 5.33. The van der Waals surface area contributed by atoms with E-state index < -0.39 is 0 Å². The molecule has 1 aromatic carbocycles. The number of hydrogen-bond donors (Lipinski definition) is 2. The first-order chi connectivity index (χ1) is 10.9. The van der Waals surface area contributed by atoms with Crippen LogP contribution in [0.5, 0.6) is 0 Å². The van der Waals surface area contributed by atoms with Crippen LogP contribution in [-0.2, 0) is 9.59 Å². The molecule has 2 unspecified atom stereocenters. The maximum absolute atomic E-state index is 12.2. The molecule has 0 aliphatic carbocycles. The summed E-state index contributed by atoms with van der Waals surface area (Å²) in [7, 11) is 1.77. The molecule has 1 aliphatic rings. The largest absolute Gasteiger partial charge is 0.354 e. The lowest BCUT2D eigenvalue weighted by molar-refractivity contribution is -0.139. The minimum absolute atomic E-state index is 0. The molecule has 1 aromatic rings. The third-order valence-electron chi connectivity index (χ3n) is 4.56. The molecule has 24 heavy (non-hydrogen) atoms. The van der Waals surface area contributed by atoms with E-state index in [-0.39, 0.29) is 36.2 Å². The van der Waals surface area contributed by atoms with E-state index in [0.29, 0.717) is 31.8 Å². The van der Waals surface area contributed by atoms with Crippen LogP contribution in [0.4, 0.5) is 0 Å². The highest BCUT2D eigenvalue weighted by Gasteiger charge is 2.28. The second kappa shape index (κ2) is 9.04. The Morgan fingerprint density at radius 1 is 1.29 bits per heavy atom. The van der Waals surface area contributed by atoms with Crippen LogP contribution in [0.15, 0.2) is 24.3 Å². The molecule has 6 heteroatoms. The number of rotatable bonds is 5. The van der Waals surface area contributed by atoms with Gasteiger partial charge in [-0.05, 0) is 23.5 Å². The molecule has 0 spiro atoms. The summed E-state index contributed by atoms with van der Waals surface area (Å²) >= 11 is 0. The Hall–Kier alpha value is -1.59. The van der Waals surface area contributed by atoms with Crippen molar-refractivity contribution in [2.75, 3.05) is 20.1 Å². The number of halogens is 1. The van der Waals surface area contributed by atoms with E-state index in [1.165, 1.54) is 5.56 Å². The minimum Gasteiger partial charge on any atom is -0.354 e. The van der Waals surface area contributed by atoms with Crippen molar-refractivity contribution in [3.8, 4) is 0 Å². The van der Waals surface area contributed by atoms with Gasteiger partial charge in [-0.15, -0.1) is 12.4 Å². The van der Waals surface area contributed by atoms with Gasteiger partial charge < -0.3 is 16.0 Å². The predicted molar refractivity (Wildman–Crippen MR) is 98.1 cm³/mol. The molecule has 0 saturated carbocycles. The van der Waals surface area contributed by atoms with Gasteiger partial charge in [-0.1, -0.05) is 38.1 Å². The molecule has 1 heterocycles. The van der Waals surface area contributed by atoms with E-state index in [1.54, 1.807) is 11.9 Å². The van der Waals surface area contributed by atoms with Gasteiger partial charge >= 0.3 is 0 Å². The molecule has 0 aromatic heterocycles. The molecule has 2 amide bonds. The summed E-state index contributed by atoms with van der Waals surface area (Å²) in [5.41, 5.74) is 8.44. The first kappa shape index (κ1) is 20.5. The first-order valence-electron chi connectivity index (χ1n) is 8.25. The Labute approximate surface area is 150 Å². The topological polar surface area (TPSA) is 75.4 Å². The smallest absolute Gasteiger partial charge is 0.223 e. The number of nitrogens with zero attached hydrogens (tertiary/aromatic N) is 1. The van der Waals surface area contributed by atoms with E-state index in [0.717, 1.165) is 5.56 Å². The average Bonchev–Trinajstić information content (AvgIpc) is 2.54. The molecule has 0 bridgehead atoms. The maximum atomic E-state index is 12.2.